The third-order valence-corrected chi connectivity index (χ3v) is 3.55. The molecule has 0 saturated heterocycles. The van der Waals surface area contributed by atoms with Crippen molar-refractivity contribution in [3.63, 3.8) is 0 Å². The van der Waals surface area contributed by atoms with E-state index in [0.29, 0.717) is 19.7 Å². The number of urea groups is 1. The van der Waals surface area contributed by atoms with Crippen LogP contribution in [0.5, 0.6) is 5.75 Å². The lowest BCUT2D eigenvalue weighted by Gasteiger charge is -2.22. The molecule has 5 heteroatoms. The summed E-state index contributed by atoms with van der Waals surface area (Å²) in [6.07, 6.45) is 0.839. The minimum Gasteiger partial charge on any atom is -0.489 e. The van der Waals surface area contributed by atoms with Crippen molar-refractivity contribution in [1.29, 1.82) is 0 Å². The first-order valence-electron chi connectivity index (χ1n) is 8.17. The quantitative estimate of drug-likeness (QED) is 0.779. The molecule has 0 radical (unpaired) electrons. The van der Waals surface area contributed by atoms with Gasteiger partial charge >= 0.3 is 6.03 Å². The molecule has 0 aromatic heterocycles. The molecular formula is C19H24N2O3. The maximum atomic E-state index is 12.4. The zero-order chi connectivity index (χ0) is 17.2. The van der Waals surface area contributed by atoms with Crippen LogP contribution in [0.4, 0.5) is 10.5 Å². The van der Waals surface area contributed by atoms with Crippen molar-refractivity contribution < 1.29 is 14.6 Å². The van der Waals surface area contributed by atoms with Gasteiger partial charge in [-0.2, -0.15) is 0 Å². The average Bonchev–Trinajstić information content (AvgIpc) is 2.61. The number of carbonyl (C=O) groups excluding carboxylic acids is 1. The molecule has 0 atom stereocenters. The van der Waals surface area contributed by atoms with Crippen molar-refractivity contribution in [3.05, 3.63) is 60.2 Å². The smallest absolute Gasteiger partial charge is 0.321 e. The first-order valence-corrected chi connectivity index (χ1v) is 8.17. The van der Waals surface area contributed by atoms with E-state index in [-0.39, 0.29) is 12.6 Å². The fraction of sp³-hybridized carbons (Fsp3) is 0.316. The molecule has 0 spiro atoms. The minimum absolute atomic E-state index is 0.0494. The summed E-state index contributed by atoms with van der Waals surface area (Å²) in [6.45, 7) is 3.25. The van der Waals surface area contributed by atoms with Gasteiger partial charge in [0.05, 0.1) is 6.61 Å². The van der Waals surface area contributed by atoms with E-state index in [4.69, 9.17) is 9.84 Å². The van der Waals surface area contributed by atoms with Crippen LogP contribution < -0.4 is 10.1 Å². The molecule has 0 aliphatic rings. The number of amides is 2. The molecule has 2 aromatic carbocycles. The predicted molar refractivity (Wildman–Crippen MR) is 95.2 cm³/mol. The average molecular weight is 328 g/mol. The number of aliphatic hydroxyl groups is 1. The number of para-hydroxylation sites is 2. The molecule has 0 aliphatic heterocycles. The lowest BCUT2D eigenvalue weighted by molar-refractivity contribution is 0.188. The Morgan fingerprint density at radius 1 is 1.08 bits per heavy atom. The number of hydrogen-bond donors (Lipinski definition) is 2. The van der Waals surface area contributed by atoms with Crippen LogP contribution >= 0.6 is 0 Å². The van der Waals surface area contributed by atoms with E-state index in [9.17, 15) is 4.79 Å². The summed E-state index contributed by atoms with van der Waals surface area (Å²) in [5.74, 6) is 0.784. The van der Waals surface area contributed by atoms with Crippen LogP contribution in [0.15, 0.2) is 54.6 Å². The zero-order valence-electron chi connectivity index (χ0n) is 13.9. The largest absolute Gasteiger partial charge is 0.489 e. The molecule has 128 valence electrons. The number of benzene rings is 2. The number of carbonyl (C=O) groups is 1. The van der Waals surface area contributed by atoms with E-state index < -0.39 is 0 Å². The third-order valence-electron chi connectivity index (χ3n) is 3.55. The van der Waals surface area contributed by atoms with Gasteiger partial charge in [0.15, 0.2) is 0 Å². The predicted octanol–water partition coefficient (Wildman–Crippen LogP) is 3.50. The monoisotopic (exact) mass is 328 g/mol. The molecule has 0 saturated carbocycles. The van der Waals surface area contributed by atoms with Gasteiger partial charge in [-0.25, -0.2) is 4.79 Å². The Balaban J connectivity index is 2.03. The highest BCUT2D eigenvalue weighted by Crippen LogP contribution is 2.19. The number of rotatable bonds is 8. The Hall–Kier alpha value is -2.53. The van der Waals surface area contributed by atoms with E-state index in [1.165, 1.54) is 0 Å². The second-order valence-electron chi connectivity index (χ2n) is 5.40. The summed E-state index contributed by atoms with van der Waals surface area (Å²) >= 11 is 0. The van der Waals surface area contributed by atoms with Gasteiger partial charge in [0.2, 0.25) is 0 Å². The topological polar surface area (TPSA) is 61.8 Å². The van der Waals surface area contributed by atoms with Gasteiger partial charge in [0.1, 0.15) is 12.4 Å². The summed E-state index contributed by atoms with van der Waals surface area (Å²) < 4.78 is 5.76. The second kappa shape index (κ2) is 9.57. The van der Waals surface area contributed by atoms with Crippen LogP contribution in [-0.4, -0.2) is 35.7 Å². The highest BCUT2D eigenvalue weighted by Gasteiger charge is 2.13. The summed E-state index contributed by atoms with van der Waals surface area (Å²) in [4.78, 5) is 14.0. The number of nitrogens with zero attached hydrogens (tertiary/aromatic N) is 1. The maximum Gasteiger partial charge on any atom is 0.321 e. The number of hydrogen-bond acceptors (Lipinski definition) is 3. The first kappa shape index (κ1) is 17.8. The summed E-state index contributed by atoms with van der Waals surface area (Å²) in [5, 5.41) is 12.0. The van der Waals surface area contributed by atoms with Crippen LogP contribution in [0.25, 0.3) is 0 Å². The number of nitrogens with one attached hydrogen (secondary N) is 1. The van der Waals surface area contributed by atoms with Gasteiger partial charge in [-0.15, -0.1) is 0 Å². The molecule has 0 aliphatic carbocycles. The second-order valence-corrected chi connectivity index (χ2v) is 5.40. The molecule has 2 amide bonds. The number of anilines is 1. The summed E-state index contributed by atoms with van der Waals surface area (Å²) in [6, 6.07) is 16.9. The molecule has 0 heterocycles. The van der Waals surface area contributed by atoms with Gasteiger partial charge in [-0.05, 0) is 24.6 Å². The maximum absolute atomic E-state index is 12.4. The van der Waals surface area contributed by atoms with Crippen LogP contribution in [0, 0.1) is 0 Å². The highest BCUT2D eigenvalue weighted by atomic mass is 16.5. The Kier molecular flexibility index (Phi) is 7.11. The van der Waals surface area contributed by atoms with E-state index in [0.717, 1.165) is 23.4 Å². The van der Waals surface area contributed by atoms with Gasteiger partial charge in [-0.3, -0.25) is 0 Å². The molecule has 0 fully saturated rings. The molecule has 0 bridgehead atoms. The van der Waals surface area contributed by atoms with Gasteiger partial charge < -0.3 is 20.1 Å². The van der Waals surface area contributed by atoms with Crippen molar-refractivity contribution in [2.45, 2.75) is 20.0 Å². The van der Waals surface area contributed by atoms with Gasteiger partial charge in [0, 0.05) is 24.3 Å². The van der Waals surface area contributed by atoms with Crippen LogP contribution in [-0.2, 0) is 6.61 Å². The first-order chi connectivity index (χ1) is 11.7. The van der Waals surface area contributed by atoms with Crippen molar-refractivity contribution >= 4 is 11.7 Å². The molecule has 0 unspecified atom stereocenters. The molecule has 2 N–H and O–H groups in total. The Morgan fingerprint density at radius 2 is 1.79 bits per heavy atom. The SMILES string of the molecule is CCCN(CCO)C(=O)Nc1ccccc1COc1ccccc1. The van der Waals surface area contributed by atoms with Crippen LogP contribution in [0.1, 0.15) is 18.9 Å². The summed E-state index contributed by atoms with van der Waals surface area (Å²) in [7, 11) is 0. The summed E-state index contributed by atoms with van der Waals surface area (Å²) in [5.41, 5.74) is 1.62. The Labute approximate surface area is 142 Å². The Bertz CT molecular complexity index is 626. The number of ether oxygens (including phenoxy) is 1. The zero-order valence-corrected chi connectivity index (χ0v) is 13.9. The standard InChI is InChI=1S/C19H24N2O3/c1-2-12-21(13-14-22)19(23)20-18-11-7-6-8-16(18)15-24-17-9-4-3-5-10-17/h3-11,22H,2,12-15H2,1H3,(H,20,23). The molecule has 24 heavy (non-hydrogen) atoms. The van der Waals surface area contributed by atoms with Gasteiger partial charge in [0.25, 0.3) is 0 Å². The van der Waals surface area contributed by atoms with E-state index in [1.54, 1.807) is 4.90 Å². The van der Waals surface area contributed by atoms with E-state index in [2.05, 4.69) is 5.32 Å². The molecule has 2 rings (SSSR count). The van der Waals surface area contributed by atoms with Crippen molar-refractivity contribution in [3.8, 4) is 5.75 Å². The number of aliphatic hydroxyl groups excluding tert-OH is 1. The van der Waals surface area contributed by atoms with E-state index >= 15 is 0 Å². The van der Waals surface area contributed by atoms with Crippen molar-refractivity contribution in [1.82, 2.24) is 4.90 Å². The van der Waals surface area contributed by atoms with Gasteiger partial charge in [-0.1, -0.05) is 43.3 Å². The fourth-order valence-corrected chi connectivity index (χ4v) is 2.35. The normalized spacial score (nSPS) is 10.2. The lowest BCUT2D eigenvalue weighted by atomic mass is 10.2. The van der Waals surface area contributed by atoms with Crippen LogP contribution in [0.2, 0.25) is 0 Å². The minimum atomic E-state index is -0.210. The Morgan fingerprint density at radius 3 is 2.50 bits per heavy atom. The van der Waals surface area contributed by atoms with Crippen molar-refractivity contribution in [2.75, 3.05) is 25.0 Å². The molecular weight excluding hydrogens is 304 g/mol. The van der Waals surface area contributed by atoms with Crippen LogP contribution in [0.3, 0.4) is 0 Å². The fourth-order valence-electron chi connectivity index (χ4n) is 2.35. The van der Waals surface area contributed by atoms with E-state index in [1.807, 2.05) is 61.5 Å². The molecule has 2 aromatic rings. The van der Waals surface area contributed by atoms with Crippen molar-refractivity contribution in [2.24, 2.45) is 0 Å². The third kappa shape index (κ3) is 5.28. The molecule has 5 nitrogen and oxygen atoms in total. The lowest BCUT2D eigenvalue weighted by Crippen LogP contribution is -2.37. The highest BCUT2D eigenvalue weighted by molar-refractivity contribution is 5.90.